The van der Waals surface area contributed by atoms with Crippen molar-refractivity contribution in [2.45, 2.75) is 20.3 Å². The zero-order valence-electron chi connectivity index (χ0n) is 7.66. The second-order valence-electron chi connectivity index (χ2n) is 2.90. The van der Waals surface area contributed by atoms with Gasteiger partial charge in [-0.1, -0.05) is 13.0 Å². The Morgan fingerprint density at radius 1 is 1.38 bits per heavy atom. The number of phenolic OH excluding ortho intramolecular Hbond substituents is 2. The zero-order chi connectivity index (χ0) is 10.0. The highest BCUT2D eigenvalue weighted by Crippen LogP contribution is 2.30. The molecule has 1 rings (SSSR count). The van der Waals surface area contributed by atoms with Gasteiger partial charge in [0, 0.05) is 6.42 Å². The Kier molecular flexibility index (Phi) is 2.56. The van der Waals surface area contributed by atoms with Crippen LogP contribution in [0.3, 0.4) is 0 Å². The van der Waals surface area contributed by atoms with Crippen LogP contribution in [0.15, 0.2) is 12.1 Å². The van der Waals surface area contributed by atoms with E-state index in [9.17, 15) is 15.0 Å². The molecule has 0 aliphatic rings. The summed E-state index contributed by atoms with van der Waals surface area (Å²) in [6.45, 7) is 3.37. The molecular formula is C10H12O3. The van der Waals surface area contributed by atoms with Gasteiger partial charge < -0.3 is 10.2 Å². The summed E-state index contributed by atoms with van der Waals surface area (Å²) in [6, 6.07) is 2.98. The largest absolute Gasteiger partial charge is 0.507 e. The first-order valence-electron chi connectivity index (χ1n) is 4.12. The standard InChI is InChI=1S/C10H12O3/c1-3-7(11)9-8(12)5-4-6(2)10(9)13/h4-5,12-13H,3H2,1-2H3. The number of benzene rings is 1. The molecule has 0 aromatic heterocycles. The first kappa shape index (κ1) is 9.58. The summed E-state index contributed by atoms with van der Waals surface area (Å²) in [5.74, 6) is -0.527. The second kappa shape index (κ2) is 3.47. The normalized spacial score (nSPS) is 10.0. The number of Topliss-reactive ketones (excluding diaryl/α,β-unsaturated/α-hetero) is 1. The lowest BCUT2D eigenvalue weighted by atomic mass is 10.0. The van der Waals surface area contributed by atoms with E-state index in [4.69, 9.17) is 0 Å². The Morgan fingerprint density at radius 2 is 2.00 bits per heavy atom. The smallest absolute Gasteiger partial charge is 0.170 e. The Morgan fingerprint density at radius 3 is 2.54 bits per heavy atom. The van der Waals surface area contributed by atoms with E-state index in [0.717, 1.165) is 0 Å². The van der Waals surface area contributed by atoms with Gasteiger partial charge in [0.1, 0.15) is 17.1 Å². The third kappa shape index (κ3) is 1.64. The molecule has 1 aromatic carbocycles. The predicted molar refractivity (Wildman–Crippen MR) is 49.1 cm³/mol. The maximum absolute atomic E-state index is 11.3. The minimum atomic E-state index is -0.251. The van der Waals surface area contributed by atoms with Gasteiger partial charge in [0.25, 0.3) is 0 Å². The maximum atomic E-state index is 11.3. The van der Waals surface area contributed by atoms with E-state index >= 15 is 0 Å². The fraction of sp³-hybridized carbons (Fsp3) is 0.300. The molecule has 1 aromatic rings. The summed E-state index contributed by atoms with van der Waals surface area (Å²) in [5, 5.41) is 18.8. The van der Waals surface area contributed by atoms with Crippen LogP contribution in [-0.2, 0) is 0 Å². The second-order valence-corrected chi connectivity index (χ2v) is 2.90. The number of rotatable bonds is 2. The van der Waals surface area contributed by atoms with E-state index in [2.05, 4.69) is 0 Å². The molecule has 0 atom stereocenters. The molecule has 0 unspecified atom stereocenters. The number of hydrogen-bond acceptors (Lipinski definition) is 3. The van der Waals surface area contributed by atoms with Crippen molar-refractivity contribution in [3.63, 3.8) is 0 Å². The van der Waals surface area contributed by atoms with Crippen molar-refractivity contribution in [2.24, 2.45) is 0 Å². The lowest BCUT2D eigenvalue weighted by molar-refractivity contribution is 0.0982. The van der Waals surface area contributed by atoms with Crippen LogP contribution in [0.4, 0.5) is 0 Å². The minimum Gasteiger partial charge on any atom is -0.507 e. The Bertz CT molecular complexity index is 342. The summed E-state index contributed by atoms with van der Waals surface area (Å²) in [6.07, 6.45) is 0.268. The van der Waals surface area contributed by atoms with E-state index < -0.39 is 0 Å². The van der Waals surface area contributed by atoms with Gasteiger partial charge in [0.05, 0.1) is 0 Å². The van der Waals surface area contributed by atoms with Crippen molar-refractivity contribution in [1.82, 2.24) is 0 Å². The van der Waals surface area contributed by atoms with Gasteiger partial charge in [0.2, 0.25) is 0 Å². The van der Waals surface area contributed by atoms with Crippen molar-refractivity contribution in [3.8, 4) is 11.5 Å². The molecule has 0 heterocycles. The quantitative estimate of drug-likeness (QED) is 0.684. The first-order valence-corrected chi connectivity index (χ1v) is 4.12. The molecule has 3 nitrogen and oxygen atoms in total. The van der Waals surface area contributed by atoms with Crippen LogP contribution in [0.2, 0.25) is 0 Å². The number of hydrogen-bond donors (Lipinski definition) is 2. The maximum Gasteiger partial charge on any atom is 0.170 e. The van der Waals surface area contributed by atoms with Gasteiger partial charge in [0.15, 0.2) is 5.78 Å². The predicted octanol–water partition coefficient (Wildman–Crippen LogP) is 2.00. The molecule has 0 fully saturated rings. The van der Waals surface area contributed by atoms with Crippen LogP contribution >= 0.6 is 0 Å². The molecule has 70 valence electrons. The minimum absolute atomic E-state index is 0.0301. The molecule has 0 aliphatic carbocycles. The fourth-order valence-corrected chi connectivity index (χ4v) is 1.14. The summed E-state index contributed by atoms with van der Waals surface area (Å²) in [7, 11) is 0. The molecule has 2 N–H and O–H groups in total. The van der Waals surface area contributed by atoms with Gasteiger partial charge >= 0.3 is 0 Å². The average molecular weight is 180 g/mol. The van der Waals surface area contributed by atoms with Crippen LogP contribution in [-0.4, -0.2) is 16.0 Å². The third-order valence-corrected chi connectivity index (χ3v) is 1.96. The van der Waals surface area contributed by atoms with Crippen molar-refractivity contribution in [1.29, 1.82) is 0 Å². The van der Waals surface area contributed by atoms with Gasteiger partial charge in [-0.25, -0.2) is 0 Å². The van der Waals surface area contributed by atoms with Gasteiger partial charge in [-0.15, -0.1) is 0 Å². The van der Waals surface area contributed by atoms with Gasteiger partial charge in [-0.2, -0.15) is 0 Å². The van der Waals surface area contributed by atoms with E-state index in [1.807, 2.05) is 0 Å². The van der Waals surface area contributed by atoms with Crippen LogP contribution in [0.1, 0.15) is 29.3 Å². The number of aryl methyl sites for hydroxylation is 1. The highest BCUT2D eigenvalue weighted by Gasteiger charge is 2.15. The lowest BCUT2D eigenvalue weighted by Crippen LogP contribution is -1.98. The monoisotopic (exact) mass is 180 g/mol. The Hall–Kier alpha value is -1.51. The van der Waals surface area contributed by atoms with E-state index in [0.29, 0.717) is 5.56 Å². The molecule has 0 spiro atoms. The molecule has 0 amide bonds. The summed E-state index contributed by atoms with van der Waals surface area (Å²) >= 11 is 0. The summed E-state index contributed by atoms with van der Waals surface area (Å²) < 4.78 is 0. The third-order valence-electron chi connectivity index (χ3n) is 1.96. The van der Waals surface area contributed by atoms with E-state index in [1.54, 1.807) is 19.9 Å². The molecule has 0 saturated heterocycles. The highest BCUT2D eigenvalue weighted by molar-refractivity contribution is 6.01. The van der Waals surface area contributed by atoms with Crippen molar-refractivity contribution >= 4 is 5.78 Å². The fourth-order valence-electron chi connectivity index (χ4n) is 1.14. The first-order chi connectivity index (χ1) is 6.07. The lowest BCUT2D eigenvalue weighted by Gasteiger charge is -2.06. The van der Waals surface area contributed by atoms with Crippen LogP contribution in [0.25, 0.3) is 0 Å². The number of aromatic hydroxyl groups is 2. The van der Waals surface area contributed by atoms with Crippen molar-refractivity contribution in [3.05, 3.63) is 23.3 Å². The molecule has 3 heteroatoms. The molecule has 0 bridgehead atoms. The zero-order valence-corrected chi connectivity index (χ0v) is 7.66. The Balaban J connectivity index is 3.33. The number of carbonyl (C=O) groups excluding carboxylic acids is 1. The Labute approximate surface area is 76.6 Å². The van der Waals surface area contributed by atoms with E-state index in [1.165, 1.54) is 6.07 Å². The topological polar surface area (TPSA) is 57.5 Å². The summed E-state index contributed by atoms with van der Waals surface area (Å²) in [4.78, 5) is 11.3. The summed E-state index contributed by atoms with van der Waals surface area (Å²) in [5.41, 5.74) is 0.622. The molecule has 0 radical (unpaired) electrons. The van der Waals surface area contributed by atoms with Crippen LogP contribution < -0.4 is 0 Å². The molecule has 13 heavy (non-hydrogen) atoms. The molecule has 0 saturated carbocycles. The van der Waals surface area contributed by atoms with Crippen LogP contribution in [0.5, 0.6) is 11.5 Å². The number of phenols is 2. The molecular weight excluding hydrogens is 168 g/mol. The van der Waals surface area contributed by atoms with Gasteiger partial charge in [-0.05, 0) is 18.6 Å². The number of ketones is 1. The van der Waals surface area contributed by atoms with Crippen LogP contribution in [0, 0.1) is 6.92 Å². The van der Waals surface area contributed by atoms with Crippen molar-refractivity contribution < 1.29 is 15.0 Å². The SMILES string of the molecule is CCC(=O)c1c(O)ccc(C)c1O. The van der Waals surface area contributed by atoms with Crippen molar-refractivity contribution in [2.75, 3.05) is 0 Å². The highest BCUT2D eigenvalue weighted by atomic mass is 16.3. The van der Waals surface area contributed by atoms with Gasteiger partial charge in [-0.3, -0.25) is 4.79 Å². The average Bonchev–Trinajstić information content (AvgIpc) is 2.12. The molecule has 0 aliphatic heterocycles. The van der Waals surface area contributed by atoms with E-state index in [-0.39, 0.29) is 29.3 Å². The number of carbonyl (C=O) groups is 1.